The lowest BCUT2D eigenvalue weighted by Crippen LogP contribution is -2.57. The molecule has 0 spiro atoms. The smallest absolute Gasteiger partial charge is 0.306 e. The molecule has 0 aromatic rings. The highest BCUT2D eigenvalue weighted by molar-refractivity contribution is 5.96. The van der Waals surface area contributed by atoms with Crippen molar-refractivity contribution in [3.05, 3.63) is 24.3 Å². The summed E-state index contributed by atoms with van der Waals surface area (Å²) in [7, 11) is 0. The van der Waals surface area contributed by atoms with Gasteiger partial charge < -0.3 is 14.9 Å². The summed E-state index contributed by atoms with van der Waals surface area (Å²) in [5.74, 6) is -1.90. The summed E-state index contributed by atoms with van der Waals surface area (Å²) >= 11 is 0. The van der Waals surface area contributed by atoms with Crippen LogP contribution in [-0.4, -0.2) is 46.1 Å². The first-order valence-corrected chi connectivity index (χ1v) is 18.7. The van der Waals surface area contributed by atoms with E-state index in [9.17, 15) is 24.6 Å². The van der Waals surface area contributed by atoms with Crippen LogP contribution in [0.15, 0.2) is 24.3 Å². The number of ether oxygens (including phenoxy) is 1. The first-order valence-electron chi connectivity index (χ1n) is 18.7. The van der Waals surface area contributed by atoms with E-state index >= 15 is 0 Å². The van der Waals surface area contributed by atoms with Gasteiger partial charge in [-0.2, -0.15) is 0 Å². The molecule has 0 aliphatic heterocycles. The molecule has 0 aromatic carbocycles. The average molecular weight is 635 g/mol. The number of aliphatic hydroxyl groups is 2. The van der Waals surface area contributed by atoms with Crippen LogP contribution in [0.2, 0.25) is 0 Å². The topological polar surface area (TPSA) is 101 Å². The minimum Gasteiger partial charge on any atom is -0.451 e. The third-order valence-corrected chi connectivity index (χ3v) is 8.62. The van der Waals surface area contributed by atoms with Gasteiger partial charge in [0.05, 0.1) is 6.61 Å². The number of carbonyl (C=O) groups excluding carboxylic acids is 3. The van der Waals surface area contributed by atoms with Crippen LogP contribution in [0.4, 0.5) is 0 Å². The van der Waals surface area contributed by atoms with Gasteiger partial charge in [0.15, 0.2) is 23.3 Å². The monoisotopic (exact) mass is 635 g/mol. The third kappa shape index (κ3) is 24.1. The highest BCUT2D eigenvalue weighted by atomic mass is 16.6. The van der Waals surface area contributed by atoms with E-state index in [1.54, 1.807) is 0 Å². The molecular formula is C39H70O6. The predicted octanol–water partition coefficient (Wildman–Crippen LogP) is 10.1. The Hall–Kier alpha value is -1.79. The largest absolute Gasteiger partial charge is 0.451 e. The maximum Gasteiger partial charge on any atom is 0.306 e. The second-order valence-electron chi connectivity index (χ2n) is 13.0. The van der Waals surface area contributed by atoms with Crippen LogP contribution in [0, 0.1) is 0 Å². The van der Waals surface area contributed by atoms with Crippen molar-refractivity contribution in [2.75, 3.05) is 6.61 Å². The molecule has 0 saturated heterocycles. The molecule has 262 valence electrons. The normalized spacial score (nSPS) is 13.8. The number of hydrogen-bond acceptors (Lipinski definition) is 6. The molecule has 0 amide bonds. The molecule has 2 N–H and O–H groups in total. The van der Waals surface area contributed by atoms with Crippen molar-refractivity contribution in [1.29, 1.82) is 0 Å². The maximum atomic E-state index is 12.9. The second-order valence-corrected chi connectivity index (χ2v) is 13.0. The summed E-state index contributed by atoms with van der Waals surface area (Å²) in [6, 6.07) is 0. The van der Waals surface area contributed by atoms with Gasteiger partial charge in [0.2, 0.25) is 0 Å². The summed E-state index contributed by atoms with van der Waals surface area (Å²) in [6.45, 7) is 4.68. The Morgan fingerprint density at radius 1 is 0.600 bits per heavy atom. The van der Waals surface area contributed by atoms with Gasteiger partial charge in [-0.25, -0.2) is 0 Å². The quantitative estimate of drug-likeness (QED) is 0.0423. The maximum absolute atomic E-state index is 12.9. The number of carbonyl (C=O) groups is 3. The minimum absolute atomic E-state index is 0.0295. The van der Waals surface area contributed by atoms with Crippen LogP contribution in [-0.2, 0) is 19.1 Å². The van der Waals surface area contributed by atoms with Crippen LogP contribution in [0.5, 0.6) is 0 Å². The van der Waals surface area contributed by atoms with E-state index in [0.29, 0.717) is 12.8 Å². The molecule has 6 heteroatoms. The van der Waals surface area contributed by atoms with E-state index in [1.807, 2.05) is 0 Å². The van der Waals surface area contributed by atoms with Gasteiger partial charge in [-0.05, 0) is 51.9 Å². The van der Waals surface area contributed by atoms with E-state index in [0.717, 1.165) is 57.8 Å². The highest BCUT2D eigenvalue weighted by Gasteiger charge is 2.48. The van der Waals surface area contributed by atoms with Crippen LogP contribution < -0.4 is 0 Å². The molecule has 6 nitrogen and oxygen atoms in total. The number of unbranched alkanes of at least 4 members (excludes halogenated alkanes) is 20. The van der Waals surface area contributed by atoms with E-state index in [1.165, 1.54) is 90.4 Å². The Morgan fingerprint density at radius 3 is 1.47 bits per heavy atom. The van der Waals surface area contributed by atoms with Gasteiger partial charge in [0, 0.05) is 12.8 Å². The Morgan fingerprint density at radius 2 is 1.00 bits per heavy atom. The van der Waals surface area contributed by atoms with Crippen molar-refractivity contribution in [1.82, 2.24) is 0 Å². The van der Waals surface area contributed by atoms with Crippen molar-refractivity contribution in [3.63, 3.8) is 0 Å². The third-order valence-electron chi connectivity index (χ3n) is 8.62. The van der Waals surface area contributed by atoms with Gasteiger partial charge in [-0.3, -0.25) is 14.4 Å². The Bertz CT molecular complexity index is 788. The van der Waals surface area contributed by atoms with Crippen molar-refractivity contribution < 1.29 is 29.3 Å². The molecule has 2 unspecified atom stereocenters. The zero-order chi connectivity index (χ0) is 33.4. The first-order chi connectivity index (χ1) is 21.8. The summed E-state index contributed by atoms with van der Waals surface area (Å²) < 4.78 is 5.29. The second kappa shape index (κ2) is 30.8. The lowest BCUT2D eigenvalue weighted by molar-refractivity contribution is -0.181. The van der Waals surface area contributed by atoms with Gasteiger partial charge in [-0.1, -0.05) is 147 Å². The molecule has 0 radical (unpaired) electrons. The average Bonchev–Trinajstić information content (AvgIpc) is 3.03. The molecule has 2 atom stereocenters. The fourth-order valence-electron chi connectivity index (χ4n) is 5.62. The molecule has 0 rings (SSSR count). The minimum atomic E-state index is -2.40. The van der Waals surface area contributed by atoms with E-state index in [4.69, 9.17) is 4.74 Å². The first kappa shape index (κ1) is 43.2. The summed E-state index contributed by atoms with van der Waals surface area (Å²) in [5, 5.41) is 20.8. The molecule has 0 heterocycles. The standard InChI is InChI=1S/C39H70O6/c1-4-6-8-10-12-14-16-18-19-21-22-24-26-28-30-32-36(42)39(44,34-40)38(35(3)41)45-37(43)33-31-29-27-25-23-20-17-15-13-11-9-7-5-2/h12,14,18-19,38,40,44H,4-11,13,15-17,20-34H2,1-3H3/b14-12-,19-18-. The molecule has 0 aromatic heterocycles. The van der Waals surface area contributed by atoms with Crippen molar-refractivity contribution in [2.45, 2.75) is 199 Å². The summed E-state index contributed by atoms with van der Waals surface area (Å²) in [4.78, 5) is 37.6. The Balaban J connectivity index is 4.16. The van der Waals surface area contributed by atoms with Crippen molar-refractivity contribution in [3.8, 4) is 0 Å². The van der Waals surface area contributed by atoms with Gasteiger partial charge in [0.1, 0.15) is 0 Å². The molecule has 0 bridgehead atoms. The van der Waals surface area contributed by atoms with E-state index < -0.39 is 35.8 Å². The predicted molar refractivity (Wildman–Crippen MR) is 187 cm³/mol. The Kier molecular flexibility index (Phi) is 29.6. The number of Topliss-reactive ketones (excluding diaryl/α,β-unsaturated/α-hetero) is 2. The molecule has 0 aliphatic carbocycles. The van der Waals surface area contributed by atoms with Gasteiger partial charge in [0.25, 0.3) is 0 Å². The van der Waals surface area contributed by atoms with Crippen LogP contribution >= 0.6 is 0 Å². The fraction of sp³-hybridized carbons (Fsp3) is 0.821. The highest BCUT2D eigenvalue weighted by Crippen LogP contribution is 2.22. The summed E-state index contributed by atoms with van der Waals surface area (Å²) in [5.41, 5.74) is -2.40. The molecule has 45 heavy (non-hydrogen) atoms. The number of hydrogen-bond donors (Lipinski definition) is 2. The van der Waals surface area contributed by atoms with Gasteiger partial charge >= 0.3 is 5.97 Å². The molecule has 0 fully saturated rings. The van der Waals surface area contributed by atoms with E-state index in [2.05, 4.69) is 38.2 Å². The Labute approximate surface area is 276 Å². The molecular weight excluding hydrogens is 564 g/mol. The number of rotatable bonds is 33. The molecule has 0 saturated carbocycles. The van der Waals surface area contributed by atoms with Crippen molar-refractivity contribution in [2.24, 2.45) is 0 Å². The van der Waals surface area contributed by atoms with Gasteiger partial charge in [-0.15, -0.1) is 0 Å². The zero-order valence-electron chi connectivity index (χ0n) is 29.5. The van der Waals surface area contributed by atoms with Crippen LogP contribution in [0.1, 0.15) is 188 Å². The SMILES string of the molecule is CCCCC/C=C\C/C=C\CCCCCCCC(=O)C(O)(CO)C(OC(=O)CCCCCCCCCCCCCCC)C(C)=O. The van der Waals surface area contributed by atoms with Crippen LogP contribution in [0.3, 0.4) is 0 Å². The summed E-state index contributed by atoms with van der Waals surface area (Å²) in [6.07, 6.45) is 34.4. The van der Waals surface area contributed by atoms with E-state index in [-0.39, 0.29) is 12.8 Å². The molecule has 0 aliphatic rings. The lowest BCUT2D eigenvalue weighted by Gasteiger charge is -2.31. The van der Waals surface area contributed by atoms with Crippen molar-refractivity contribution >= 4 is 17.5 Å². The lowest BCUT2D eigenvalue weighted by atomic mass is 9.87. The number of aliphatic hydroxyl groups excluding tert-OH is 1. The number of allylic oxidation sites excluding steroid dienone is 4. The zero-order valence-corrected chi connectivity index (χ0v) is 29.5. The number of ketones is 2. The number of esters is 1. The van der Waals surface area contributed by atoms with Crippen LogP contribution in [0.25, 0.3) is 0 Å². The fourth-order valence-corrected chi connectivity index (χ4v) is 5.62.